The normalized spacial score (nSPS) is 10.4. The monoisotopic (exact) mass is 336 g/mol. The summed E-state index contributed by atoms with van der Waals surface area (Å²) in [7, 11) is 3.13. The van der Waals surface area contributed by atoms with E-state index in [-0.39, 0.29) is 11.7 Å². The van der Waals surface area contributed by atoms with Gasteiger partial charge in [-0.25, -0.2) is 0 Å². The average molecular weight is 336 g/mol. The molecule has 0 spiro atoms. The predicted molar refractivity (Wildman–Crippen MR) is 89.3 cm³/mol. The van der Waals surface area contributed by atoms with E-state index in [2.05, 4.69) is 15.5 Å². The van der Waals surface area contributed by atoms with Crippen LogP contribution < -0.4 is 14.8 Å². The summed E-state index contributed by atoms with van der Waals surface area (Å²) in [5.74, 6) is 2.15. The summed E-state index contributed by atoms with van der Waals surface area (Å²) in [6.07, 6.45) is 0. The minimum absolute atomic E-state index is 0.148. The van der Waals surface area contributed by atoms with Crippen LogP contribution in [0.5, 0.6) is 11.5 Å². The molecule has 0 saturated carbocycles. The third kappa shape index (κ3) is 4.16. The summed E-state index contributed by atoms with van der Waals surface area (Å²) in [4.78, 5) is 12.2. The number of hydrogen-bond acceptors (Lipinski definition) is 6. The predicted octanol–water partition coefficient (Wildman–Crippen LogP) is 2.35. The van der Waals surface area contributed by atoms with Gasteiger partial charge in [0.1, 0.15) is 17.3 Å². The van der Waals surface area contributed by atoms with Gasteiger partial charge in [0.25, 0.3) is 0 Å². The van der Waals surface area contributed by atoms with Gasteiger partial charge >= 0.3 is 0 Å². The largest absolute Gasteiger partial charge is 0.497 e. The number of carbonyl (C=O) groups is 1. The summed E-state index contributed by atoms with van der Waals surface area (Å²) in [6.45, 7) is 4.68. The van der Waals surface area contributed by atoms with Gasteiger partial charge in [-0.3, -0.25) is 4.79 Å². The summed E-state index contributed by atoms with van der Waals surface area (Å²) in [6, 6.07) is 5.24. The summed E-state index contributed by atoms with van der Waals surface area (Å²) in [5.41, 5.74) is 0.575. The lowest BCUT2D eigenvalue weighted by atomic mass is 10.2. The molecule has 0 aliphatic rings. The second kappa shape index (κ2) is 7.87. The maximum atomic E-state index is 12.2. The molecule has 1 amide bonds. The zero-order valence-corrected chi connectivity index (χ0v) is 14.4. The van der Waals surface area contributed by atoms with Crippen LogP contribution in [-0.4, -0.2) is 40.6 Å². The van der Waals surface area contributed by atoms with E-state index in [1.807, 2.05) is 18.4 Å². The Labute approximate surface area is 139 Å². The highest BCUT2D eigenvalue weighted by molar-refractivity contribution is 7.99. The van der Waals surface area contributed by atoms with E-state index in [9.17, 15) is 4.79 Å². The van der Waals surface area contributed by atoms with Gasteiger partial charge < -0.3 is 19.4 Å². The maximum absolute atomic E-state index is 12.2. The Bertz CT molecular complexity index is 687. The number of nitrogens with zero attached hydrogens (tertiary/aromatic N) is 3. The maximum Gasteiger partial charge on any atom is 0.234 e. The van der Waals surface area contributed by atoms with Crippen molar-refractivity contribution < 1.29 is 14.3 Å². The molecule has 2 rings (SSSR count). The van der Waals surface area contributed by atoms with E-state index < -0.39 is 0 Å². The zero-order chi connectivity index (χ0) is 16.8. The molecule has 0 saturated heterocycles. The first-order chi connectivity index (χ1) is 11.1. The molecule has 0 unspecified atom stereocenters. The van der Waals surface area contributed by atoms with Crippen LogP contribution in [0.4, 0.5) is 5.69 Å². The number of rotatable bonds is 7. The number of anilines is 1. The van der Waals surface area contributed by atoms with Crippen LogP contribution in [0.15, 0.2) is 23.4 Å². The second-order valence-electron chi connectivity index (χ2n) is 4.68. The van der Waals surface area contributed by atoms with Gasteiger partial charge in [0.15, 0.2) is 5.16 Å². The molecule has 0 bridgehead atoms. The number of aromatic nitrogens is 3. The van der Waals surface area contributed by atoms with E-state index in [0.717, 1.165) is 17.5 Å². The average Bonchev–Trinajstić information content (AvgIpc) is 2.92. The Balaban J connectivity index is 2.02. The Morgan fingerprint density at radius 1 is 1.30 bits per heavy atom. The molecule has 0 aliphatic carbocycles. The van der Waals surface area contributed by atoms with Crippen molar-refractivity contribution >= 4 is 23.4 Å². The lowest BCUT2D eigenvalue weighted by Crippen LogP contribution is -2.15. The van der Waals surface area contributed by atoms with Crippen molar-refractivity contribution in [2.75, 3.05) is 25.3 Å². The number of benzene rings is 1. The summed E-state index contributed by atoms with van der Waals surface area (Å²) < 4.78 is 12.4. The van der Waals surface area contributed by atoms with E-state index in [1.165, 1.54) is 11.8 Å². The number of thioether (sulfide) groups is 1. The van der Waals surface area contributed by atoms with Gasteiger partial charge in [-0.05, 0) is 26.0 Å². The Kier molecular flexibility index (Phi) is 5.86. The van der Waals surface area contributed by atoms with Crippen LogP contribution in [0.2, 0.25) is 0 Å². The molecule has 0 aliphatic heterocycles. The standard InChI is InChI=1S/C15H20N4O3S/c1-5-19-10(2)17-18-15(19)23-9-14(20)16-12-8-11(21-3)6-7-13(12)22-4/h6-8H,5,9H2,1-4H3,(H,16,20). The van der Waals surface area contributed by atoms with Gasteiger partial charge in [-0.15, -0.1) is 10.2 Å². The molecule has 1 N–H and O–H groups in total. The molecule has 1 aromatic carbocycles. The molecule has 2 aromatic rings. The number of methoxy groups -OCH3 is 2. The van der Waals surface area contributed by atoms with E-state index in [0.29, 0.717) is 17.2 Å². The van der Waals surface area contributed by atoms with Crippen molar-refractivity contribution in [3.05, 3.63) is 24.0 Å². The number of ether oxygens (including phenoxy) is 2. The minimum atomic E-state index is -0.148. The van der Waals surface area contributed by atoms with Crippen LogP contribution in [0.1, 0.15) is 12.7 Å². The topological polar surface area (TPSA) is 78.3 Å². The highest BCUT2D eigenvalue weighted by atomic mass is 32.2. The Morgan fingerprint density at radius 3 is 2.74 bits per heavy atom. The quantitative estimate of drug-likeness (QED) is 0.782. The molecule has 0 atom stereocenters. The van der Waals surface area contributed by atoms with E-state index in [1.54, 1.807) is 32.4 Å². The molecule has 0 fully saturated rings. The third-order valence-electron chi connectivity index (χ3n) is 3.23. The van der Waals surface area contributed by atoms with Gasteiger partial charge in [-0.1, -0.05) is 11.8 Å². The van der Waals surface area contributed by atoms with Crippen LogP contribution >= 0.6 is 11.8 Å². The van der Waals surface area contributed by atoms with Crippen molar-refractivity contribution in [2.24, 2.45) is 0 Å². The molecule has 124 valence electrons. The molecule has 7 nitrogen and oxygen atoms in total. The zero-order valence-electron chi connectivity index (χ0n) is 13.6. The van der Waals surface area contributed by atoms with E-state index in [4.69, 9.17) is 9.47 Å². The Hall–Kier alpha value is -2.22. The van der Waals surface area contributed by atoms with Crippen molar-refractivity contribution in [2.45, 2.75) is 25.5 Å². The molecule has 23 heavy (non-hydrogen) atoms. The summed E-state index contributed by atoms with van der Waals surface area (Å²) >= 11 is 1.35. The first-order valence-corrected chi connectivity index (χ1v) is 8.12. The molecule has 0 radical (unpaired) electrons. The Morgan fingerprint density at radius 2 is 2.09 bits per heavy atom. The minimum Gasteiger partial charge on any atom is -0.497 e. The fourth-order valence-electron chi connectivity index (χ4n) is 2.06. The molecule has 1 heterocycles. The van der Waals surface area contributed by atoms with Crippen LogP contribution in [-0.2, 0) is 11.3 Å². The first-order valence-electron chi connectivity index (χ1n) is 7.13. The number of nitrogens with one attached hydrogen (secondary N) is 1. The SMILES string of the molecule is CCn1c(C)nnc1SCC(=O)Nc1cc(OC)ccc1OC. The number of amides is 1. The lowest BCUT2D eigenvalue weighted by Gasteiger charge is -2.11. The van der Waals surface area contributed by atoms with E-state index >= 15 is 0 Å². The molecular formula is C15H20N4O3S. The van der Waals surface area contributed by atoms with Gasteiger partial charge in [0.2, 0.25) is 5.91 Å². The van der Waals surface area contributed by atoms with Crippen molar-refractivity contribution in [3.8, 4) is 11.5 Å². The highest BCUT2D eigenvalue weighted by Gasteiger charge is 2.13. The van der Waals surface area contributed by atoms with Crippen molar-refractivity contribution in [1.82, 2.24) is 14.8 Å². The number of hydrogen-bond donors (Lipinski definition) is 1. The first kappa shape index (κ1) is 17.1. The molecular weight excluding hydrogens is 316 g/mol. The van der Waals surface area contributed by atoms with Gasteiger partial charge in [0.05, 0.1) is 25.7 Å². The number of carbonyl (C=O) groups excluding carboxylic acids is 1. The lowest BCUT2D eigenvalue weighted by molar-refractivity contribution is -0.113. The molecule has 8 heteroatoms. The summed E-state index contributed by atoms with van der Waals surface area (Å²) in [5, 5.41) is 11.7. The third-order valence-corrected chi connectivity index (χ3v) is 4.20. The van der Waals surface area contributed by atoms with Gasteiger partial charge in [0, 0.05) is 12.6 Å². The fraction of sp³-hybridized carbons (Fsp3) is 0.400. The van der Waals surface area contributed by atoms with Crippen LogP contribution in [0, 0.1) is 6.92 Å². The molecule has 1 aromatic heterocycles. The second-order valence-corrected chi connectivity index (χ2v) is 5.62. The van der Waals surface area contributed by atoms with Crippen molar-refractivity contribution in [1.29, 1.82) is 0 Å². The highest BCUT2D eigenvalue weighted by Crippen LogP contribution is 2.29. The van der Waals surface area contributed by atoms with Crippen LogP contribution in [0.25, 0.3) is 0 Å². The van der Waals surface area contributed by atoms with Crippen molar-refractivity contribution in [3.63, 3.8) is 0 Å². The van der Waals surface area contributed by atoms with Gasteiger partial charge in [-0.2, -0.15) is 0 Å². The fourth-order valence-corrected chi connectivity index (χ4v) is 2.91. The van der Waals surface area contributed by atoms with Crippen LogP contribution in [0.3, 0.4) is 0 Å². The smallest absolute Gasteiger partial charge is 0.234 e. The number of aryl methyl sites for hydroxylation is 1.